The maximum absolute atomic E-state index is 5.86. The molecule has 0 unspecified atom stereocenters. The van der Waals surface area contributed by atoms with E-state index in [0.717, 1.165) is 16.8 Å². The fourth-order valence-electron chi connectivity index (χ4n) is 2.93. The van der Waals surface area contributed by atoms with E-state index in [-0.39, 0.29) is 0 Å². The second kappa shape index (κ2) is 6.28. The van der Waals surface area contributed by atoms with E-state index < -0.39 is 0 Å². The van der Waals surface area contributed by atoms with Crippen molar-refractivity contribution < 1.29 is 9.47 Å². The minimum absolute atomic E-state index is 0.402. The van der Waals surface area contributed by atoms with Gasteiger partial charge < -0.3 is 25.9 Å². The number of anilines is 2. The van der Waals surface area contributed by atoms with Crippen LogP contribution in [0.5, 0.6) is 11.5 Å². The normalized spacial score (nSPS) is 11.0. The molecule has 0 fully saturated rings. The molecule has 0 aliphatic carbocycles. The first kappa shape index (κ1) is 15.2. The molecule has 0 saturated carbocycles. The van der Waals surface area contributed by atoms with E-state index in [1.165, 1.54) is 10.8 Å². The van der Waals surface area contributed by atoms with Gasteiger partial charge in [0.05, 0.1) is 11.2 Å². The zero-order valence-corrected chi connectivity index (χ0v) is 13.7. The number of nitrogens with two attached hydrogens (primary N) is 2. The number of H-pyrrole nitrogens is 1. The molecule has 0 atom stereocenters. The van der Waals surface area contributed by atoms with E-state index in [4.69, 9.17) is 20.9 Å². The van der Waals surface area contributed by atoms with Gasteiger partial charge in [0, 0.05) is 28.0 Å². The van der Waals surface area contributed by atoms with E-state index in [9.17, 15) is 0 Å². The second-order valence-corrected chi connectivity index (χ2v) is 5.87. The number of aromatic amines is 1. The Morgan fingerprint density at radius 2 is 1.56 bits per heavy atom. The topological polar surface area (TPSA) is 86.3 Å². The van der Waals surface area contributed by atoms with Gasteiger partial charge in [0.15, 0.2) is 0 Å². The average Bonchev–Trinajstić information content (AvgIpc) is 2.98. The third-order valence-electron chi connectivity index (χ3n) is 4.12. The maximum Gasteiger partial charge on any atom is 0.142 e. The van der Waals surface area contributed by atoms with E-state index in [0.29, 0.717) is 30.3 Å². The summed E-state index contributed by atoms with van der Waals surface area (Å²) in [6.45, 7) is 0.828. The SMILES string of the molecule is Nc1ccc(OCCOc2ccc3c(c2)[nH]c2ccccc23)c(N)c1. The number of aromatic nitrogens is 1. The van der Waals surface area contributed by atoms with Crippen LogP contribution in [0.15, 0.2) is 60.7 Å². The van der Waals surface area contributed by atoms with Gasteiger partial charge in [-0.25, -0.2) is 0 Å². The van der Waals surface area contributed by atoms with E-state index in [1.54, 1.807) is 18.2 Å². The number of nitrogens with one attached hydrogen (secondary N) is 1. The van der Waals surface area contributed by atoms with Crippen molar-refractivity contribution >= 4 is 33.2 Å². The van der Waals surface area contributed by atoms with E-state index in [1.807, 2.05) is 24.3 Å². The third-order valence-corrected chi connectivity index (χ3v) is 4.12. The Morgan fingerprint density at radius 1 is 0.760 bits per heavy atom. The van der Waals surface area contributed by atoms with Gasteiger partial charge in [-0.2, -0.15) is 0 Å². The molecule has 5 N–H and O–H groups in total. The Bertz CT molecular complexity index is 1040. The molecule has 4 aromatic rings. The van der Waals surface area contributed by atoms with Crippen LogP contribution >= 0.6 is 0 Å². The van der Waals surface area contributed by atoms with Crippen molar-refractivity contribution in [2.24, 2.45) is 0 Å². The maximum atomic E-state index is 5.86. The van der Waals surface area contributed by atoms with Crippen molar-refractivity contribution in [1.29, 1.82) is 0 Å². The summed E-state index contributed by atoms with van der Waals surface area (Å²) >= 11 is 0. The Labute approximate surface area is 145 Å². The van der Waals surface area contributed by atoms with Crippen LogP contribution in [0.4, 0.5) is 11.4 Å². The van der Waals surface area contributed by atoms with Crippen molar-refractivity contribution in [3.05, 3.63) is 60.7 Å². The lowest BCUT2D eigenvalue weighted by atomic mass is 10.1. The molecule has 0 aliphatic heterocycles. The third kappa shape index (κ3) is 3.04. The van der Waals surface area contributed by atoms with Crippen molar-refractivity contribution in [3.8, 4) is 11.5 Å². The summed E-state index contributed by atoms with van der Waals surface area (Å²) in [6, 6.07) is 19.5. The average molecular weight is 333 g/mol. The minimum atomic E-state index is 0.402. The lowest BCUT2D eigenvalue weighted by Gasteiger charge is -2.10. The number of hydrogen-bond acceptors (Lipinski definition) is 4. The zero-order chi connectivity index (χ0) is 17.2. The number of para-hydroxylation sites is 1. The lowest BCUT2D eigenvalue weighted by Crippen LogP contribution is -2.10. The quantitative estimate of drug-likeness (QED) is 0.381. The minimum Gasteiger partial charge on any atom is -0.490 e. The van der Waals surface area contributed by atoms with Gasteiger partial charge in [-0.3, -0.25) is 0 Å². The predicted molar refractivity (Wildman–Crippen MR) is 102 cm³/mol. The molecule has 0 aliphatic rings. The monoisotopic (exact) mass is 333 g/mol. The molecule has 5 nitrogen and oxygen atoms in total. The highest BCUT2D eigenvalue weighted by Crippen LogP contribution is 2.28. The molecule has 126 valence electrons. The molecule has 5 heteroatoms. The van der Waals surface area contributed by atoms with Crippen molar-refractivity contribution in [1.82, 2.24) is 4.98 Å². The summed E-state index contributed by atoms with van der Waals surface area (Å²) in [4.78, 5) is 3.41. The highest BCUT2D eigenvalue weighted by Gasteiger charge is 2.05. The smallest absolute Gasteiger partial charge is 0.142 e. The molecule has 3 aromatic carbocycles. The highest BCUT2D eigenvalue weighted by atomic mass is 16.5. The van der Waals surface area contributed by atoms with Gasteiger partial charge in [-0.1, -0.05) is 18.2 Å². The van der Waals surface area contributed by atoms with Crippen molar-refractivity contribution in [3.63, 3.8) is 0 Å². The van der Waals surface area contributed by atoms with Gasteiger partial charge in [0.2, 0.25) is 0 Å². The van der Waals surface area contributed by atoms with Gasteiger partial charge >= 0.3 is 0 Å². The Balaban J connectivity index is 1.41. The first-order chi connectivity index (χ1) is 12.2. The second-order valence-electron chi connectivity index (χ2n) is 5.87. The fraction of sp³-hybridized carbons (Fsp3) is 0.100. The molecule has 1 heterocycles. The first-order valence-electron chi connectivity index (χ1n) is 8.12. The summed E-state index contributed by atoms with van der Waals surface area (Å²) < 4.78 is 11.4. The largest absolute Gasteiger partial charge is 0.490 e. The Kier molecular flexibility index (Phi) is 3.82. The standard InChI is InChI=1S/C20H19N3O2/c21-13-5-8-20(17(22)11-13)25-10-9-24-14-6-7-16-15-3-1-2-4-18(15)23-19(16)12-14/h1-8,11-12,23H,9-10,21-22H2. The molecule has 0 radical (unpaired) electrons. The number of rotatable bonds is 5. The molecule has 0 saturated heterocycles. The van der Waals surface area contributed by atoms with Crippen LogP contribution < -0.4 is 20.9 Å². The zero-order valence-electron chi connectivity index (χ0n) is 13.7. The van der Waals surface area contributed by atoms with Crippen LogP contribution in [0.2, 0.25) is 0 Å². The number of ether oxygens (including phenoxy) is 2. The molecule has 1 aromatic heterocycles. The lowest BCUT2D eigenvalue weighted by molar-refractivity contribution is 0.218. The number of hydrogen-bond donors (Lipinski definition) is 3. The van der Waals surface area contributed by atoms with Crippen LogP contribution in [0.3, 0.4) is 0 Å². The Morgan fingerprint density at radius 3 is 2.44 bits per heavy atom. The molecule has 0 bridgehead atoms. The van der Waals surface area contributed by atoms with Crippen molar-refractivity contribution in [2.45, 2.75) is 0 Å². The van der Waals surface area contributed by atoms with Crippen LogP contribution in [0, 0.1) is 0 Å². The number of benzene rings is 3. The van der Waals surface area contributed by atoms with Crippen LogP contribution in [0.1, 0.15) is 0 Å². The van der Waals surface area contributed by atoms with Gasteiger partial charge in [-0.15, -0.1) is 0 Å². The summed E-state index contributed by atoms with van der Waals surface area (Å²) in [5, 5.41) is 2.40. The number of fused-ring (bicyclic) bond motifs is 3. The molecule has 0 amide bonds. The summed E-state index contributed by atoms with van der Waals surface area (Å²) in [6.07, 6.45) is 0. The van der Waals surface area contributed by atoms with Crippen LogP contribution in [0.25, 0.3) is 21.8 Å². The van der Waals surface area contributed by atoms with E-state index in [2.05, 4.69) is 23.2 Å². The summed E-state index contributed by atoms with van der Waals surface area (Å²) in [7, 11) is 0. The number of nitrogen functional groups attached to an aromatic ring is 2. The van der Waals surface area contributed by atoms with Gasteiger partial charge in [-0.05, 0) is 36.4 Å². The first-order valence-corrected chi connectivity index (χ1v) is 8.12. The van der Waals surface area contributed by atoms with Crippen molar-refractivity contribution in [2.75, 3.05) is 24.7 Å². The summed E-state index contributed by atoms with van der Waals surface area (Å²) in [5.74, 6) is 1.41. The molecular formula is C20H19N3O2. The Hall–Kier alpha value is -3.34. The molecule has 25 heavy (non-hydrogen) atoms. The van der Waals surface area contributed by atoms with E-state index >= 15 is 0 Å². The molecule has 4 rings (SSSR count). The van der Waals surface area contributed by atoms with Gasteiger partial charge in [0.1, 0.15) is 24.7 Å². The highest BCUT2D eigenvalue weighted by molar-refractivity contribution is 6.07. The fourth-order valence-corrected chi connectivity index (χ4v) is 2.93. The van der Waals surface area contributed by atoms with Gasteiger partial charge in [0.25, 0.3) is 0 Å². The predicted octanol–water partition coefficient (Wildman–Crippen LogP) is 3.94. The summed E-state index contributed by atoms with van der Waals surface area (Å²) in [5.41, 5.74) is 14.9. The van der Waals surface area contributed by atoms with Crippen LogP contribution in [-0.2, 0) is 0 Å². The molecular weight excluding hydrogens is 314 g/mol. The molecule has 0 spiro atoms. The van der Waals surface area contributed by atoms with Crippen LogP contribution in [-0.4, -0.2) is 18.2 Å².